The van der Waals surface area contributed by atoms with Crippen molar-refractivity contribution in [2.24, 2.45) is 0 Å². The van der Waals surface area contributed by atoms with E-state index in [1.807, 2.05) is 4.90 Å². The summed E-state index contributed by atoms with van der Waals surface area (Å²) >= 11 is 0. The molecule has 1 fully saturated rings. The third-order valence-electron chi connectivity index (χ3n) is 3.09. The molecule has 7 nitrogen and oxygen atoms in total. The van der Waals surface area contributed by atoms with E-state index in [1.54, 1.807) is 19.0 Å². The predicted molar refractivity (Wildman–Crippen MR) is 73.3 cm³/mol. The number of alkyl halides is 3. The molecule has 0 bridgehead atoms. The summed E-state index contributed by atoms with van der Waals surface area (Å²) in [5, 5.41) is 0. The fourth-order valence-corrected chi connectivity index (χ4v) is 2.07. The van der Waals surface area contributed by atoms with Gasteiger partial charge in [-0.2, -0.15) is 28.1 Å². The second-order valence-corrected chi connectivity index (χ2v) is 5.07. The number of halogens is 3. The summed E-state index contributed by atoms with van der Waals surface area (Å²) in [5.41, 5.74) is 5.64. The van der Waals surface area contributed by atoms with Crippen molar-refractivity contribution in [2.75, 3.05) is 62.4 Å². The van der Waals surface area contributed by atoms with E-state index in [9.17, 15) is 13.2 Å². The molecule has 0 atom stereocenters. The van der Waals surface area contributed by atoms with E-state index in [0.717, 1.165) is 0 Å². The Balaban J connectivity index is 2.02. The first kappa shape index (κ1) is 15.5. The zero-order chi connectivity index (χ0) is 15.6. The Morgan fingerprint density at radius 3 is 2.24 bits per heavy atom. The summed E-state index contributed by atoms with van der Waals surface area (Å²) in [5.74, 6) is 0.925. The minimum absolute atomic E-state index is 0.0985. The van der Waals surface area contributed by atoms with Crippen LogP contribution in [0, 0.1) is 0 Å². The van der Waals surface area contributed by atoms with Crippen LogP contribution < -0.4 is 15.5 Å². The summed E-state index contributed by atoms with van der Waals surface area (Å²) in [7, 11) is 3.56. The van der Waals surface area contributed by atoms with Crippen LogP contribution in [0.4, 0.5) is 31.0 Å². The fourth-order valence-electron chi connectivity index (χ4n) is 2.07. The quantitative estimate of drug-likeness (QED) is 0.855. The number of hydrogen-bond acceptors (Lipinski definition) is 7. The maximum absolute atomic E-state index is 12.3. The highest BCUT2D eigenvalue weighted by atomic mass is 19.4. The molecule has 10 heteroatoms. The highest BCUT2D eigenvalue weighted by Crippen LogP contribution is 2.19. The molecule has 0 spiro atoms. The first-order valence-electron chi connectivity index (χ1n) is 6.47. The van der Waals surface area contributed by atoms with Gasteiger partial charge in [-0.25, -0.2) is 0 Å². The molecule has 1 aliphatic heterocycles. The minimum Gasteiger partial charge on any atom is -0.368 e. The van der Waals surface area contributed by atoms with Crippen LogP contribution >= 0.6 is 0 Å². The molecule has 1 aliphatic rings. The number of hydrogen-bond donors (Lipinski definition) is 1. The molecular weight excluding hydrogens is 287 g/mol. The third-order valence-corrected chi connectivity index (χ3v) is 3.09. The Kier molecular flexibility index (Phi) is 4.35. The lowest BCUT2D eigenvalue weighted by Crippen LogP contribution is -2.49. The smallest absolute Gasteiger partial charge is 0.368 e. The van der Waals surface area contributed by atoms with Gasteiger partial charge in [0.2, 0.25) is 17.8 Å². The van der Waals surface area contributed by atoms with Crippen LogP contribution in [-0.4, -0.2) is 72.8 Å². The van der Waals surface area contributed by atoms with Crippen molar-refractivity contribution in [1.29, 1.82) is 0 Å². The zero-order valence-corrected chi connectivity index (χ0v) is 11.9. The van der Waals surface area contributed by atoms with Crippen LogP contribution in [-0.2, 0) is 0 Å². The largest absolute Gasteiger partial charge is 0.401 e. The first-order chi connectivity index (χ1) is 9.74. The number of aromatic nitrogens is 3. The lowest BCUT2D eigenvalue weighted by atomic mass is 10.3. The number of rotatable bonds is 3. The van der Waals surface area contributed by atoms with Crippen LogP contribution in [0.2, 0.25) is 0 Å². The van der Waals surface area contributed by atoms with Gasteiger partial charge >= 0.3 is 6.18 Å². The number of nitrogens with two attached hydrogens (primary N) is 1. The summed E-state index contributed by atoms with van der Waals surface area (Å²) in [6.07, 6.45) is -4.17. The van der Waals surface area contributed by atoms with Crippen LogP contribution in [0.15, 0.2) is 0 Å². The summed E-state index contributed by atoms with van der Waals surface area (Å²) in [4.78, 5) is 17.2. The average Bonchev–Trinajstić information content (AvgIpc) is 2.37. The molecule has 1 aromatic rings. The summed E-state index contributed by atoms with van der Waals surface area (Å²) in [6, 6.07) is 0. The van der Waals surface area contributed by atoms with Gasteiger partial charge < -0.3 is 15.5 Å². The number of piperazine rings is 1. The van der Waals surface area contributed by atoms with Crippen molar-refractivity contribution in [3.63, 3.8) is 0 Å². The van der Waals surface area contributed by atoms with Crippen molar-refractivity contribution < 1.29 is 13.2 Å². The Labute approximate surface area is 120 Å². The van der Waals surface area contributed by atoms with E-state index in [0.29, 0.717) is 38.1 Å². The van der Waals surface area contributed by atoms with Gasteiger partial charge in [-0.15, -0.1) is 0 Å². The molecule has 118 valence electrons. The maximum atomic E-state index is 12.3. The van der Waals surface area contributed by atoms with E-state index in [2.05, 4.69) is 15.0 Å². The van der Waals surface area contributed by atoms with Crippen molar-refractivity contribution in [2.45, 2.75) is 6.18 Å². The lowest BCUT2D eigenvalue weighted by molar-refractivity contribution is -0.146. The van der Waals surface area contributed by atoms with Gasteiger partial charge in [0.25, 0.3) is 0 Å². The molecule has 2 N–H and O–H groups in total. The second kappa shape index (κ2) is 5.88. The van der Waals surface area contributed by atoms with Gasteiger partial charge in [0, 0.05) is 40.3 Å². The predicted octanol–water partition coefficient (Wildman–Crippen LogP) is 0.204. The van der Waals surface area contributed by atoms with Gasteiger partial charge in [-0.1, -0.05) is 0 Å². The average molecular weight is 305 g/mol. The minimum atomic E-state index is -4.17. The molecule has 0 unspecified atom stereocenters. The standard InChI is InChI=1S/C11H18F3N7/c1-19(2)9-16-8(15)17-10(18-9)21-5-3-20(4-6-21)7-11(12,13)14/h3-7H2,1-2H3,(H2,15,16,17,18). The first-order valence-corrected chi connectivity index (χ1v) is 6.47. The maximum Gasteiger partial charge on any atom is 0.401 e. The van der Waals surface area contributed by atoms with Gasteiger partial charge in [0.05, 0.1) is 6.54 Å². The van der Waals surface area contributed by atoms with E-state index in [-0.39, 0.29) is 5.95 Å². The lowest BCUT2D eigenvalue weighted by Gasteiger charge is -2.35. The van der Waals surface area contributed by atoms with Gasteiger partial charge in [-0.05, 0) is 0 Å². The summed E-state index contributed by atoms with van der Waals surface area (Å²) in [6.45, 7) is 0.576. The fraction of sp³-hybridized carbons (Fsp3) is 0.727. The topological polar surface area (TPSA) is 74.4 Å². The van der Waals surface area contributed by atoms with Gasteiger partial charge in [-0.3, -0.25) is 4.90 Å². The van der Waals surface area contributed by atoms with Crippen molar-refractivity contribution in [1.82, 2.24) is 19.9 Å². The van der Waals surface area contributed by atoms with Crippen molar-refractivity contribution >= 4 is 17.8 Å². The second-order valence-electron chi connectivity index (χ2n) is 5.07. The zero-order valence-electron chi connectivity index (χ0n) is 11.9. The third kappa shape index (κ3) is 4.31. The molecule has 0 aromatic carbocycles. The van der Waals surface area contributed by atoms with Gasteiger partial charge in [0.15, 0.2) is 0 Å². The van der Waals surface area contributed by atoms with E-state index >= 15 is 0 Å². The van der Waals surface area contributed by atoms with E-state index in [1.165, 1.54) is 4.90 Å². The van der Waals surface area contributed by atoms with Crippen LogP contribution in [0.25, 0.3) is 0 Å². The molecule has 21 heavy (non-hydrogen) atoms. The molecular formula is C11H18F3N7. The molecule has 0 amide bonds. The van der Waals surface area contributed by atoms with Crippen LogP contribution in [0.1, 0.15) is 0 Å². The SMILES string of the molecule is CN(C)c1nc(N)nc(N2CCN(CC(F)(F)F)CC2)n1. The van der Waals surface area contributed by atoms with Gasteiger partial charge in [0.1, 0.15) is 0 Å². The normalized spacial score (nSPS) is 17.1. The molecule has 0 aliphatic carbocycles. The number of anilines is 3. The molecule has 1 aromatic heterocycles. The summed E-state index contributed by atoms with van der Waals surface area (Å²) < 4.78 is 37.0. The molecule has 0 saturated carbocycles. The highest BCUT2D eigenvalue weighted by molar-refractivity contribution is 5.42. The number of nitrogen functional groups attached to an aromatic ring is 1. The highest BCUT2D eigenvalue weighted by Gasteiger charge is 2.32. The van der Waals surface area contributed by atoms with E-state index < -0.39 is 12.7 Å². The Morgan fingerprint density at radius 2 is 1.71 bits per heavy atom. The Bertz CT molecular complexity index is 483. The van der Waals surface area contributed by atoms with E-state index in [4.69, 9.17) is 5.73 Å². The van der Waals surface area contributed by atoms with Crippen LogP contribution in [0.5, 0.6) is 0 Å². The monoisotopic (exact) mass is 305 g/mol. The van der Waals surface area contributed by atoms with Crippen molar-refractivity contribution in [3.05, 3.63) is 0 Å². The van der Waals surface area contributed by atoms with Crippen molar-refractivity contribution in [3.8, 4) is 0 Å². The molecule has 2 heterocycles. The Hall–Kier alpha value is -1.84. The molecule has 1 saturated heterocycles. The molecule has 2 rings (SSSR count). The number of nitrogens with zero attached hydrogens (tertiary/aromatic N) is 6. The Morgan fingerprint density at radius 1 is 1.10 bits per heavy atom. The van der Waals surface area contributed by atoms with Crippen LogP contribution in [0.3, 0.4) is 0 Å². The molecule has 0 radical (unpaired) electrons.